The van der Waals surface area contributed by atoms with Gasteiger partial charge in [-0.25, -0.2) is 8.42 Å². The summed E-state index contributed by atoms with van der Waals surface area (Å²) in [6.45, 7) is 5.46. The van der Waals surface area contributed by atoms with Crippen LogP contribution in [0.25, 0.3) is 0 Å². The number of sulfonamides is 1. The molecule has 0 aliphatic carbocycles. The first-order valence-corrected chi connectivity index (χ1v) is 14.9. The van der Waals surface area contributed by atoms with Crippen LogP contribution in [0, 0.1) is 5.92 Å². The van der Waals surface area contributed by atoms with E-state index in [2.05, 4.69) is 5.32 Å². The average molecular weight is 607 g/mol. The first kappa shape index (κ1) is 31.3. The van der Waals surface area contributed by atoms with Crippen molar-refractivity contribution in [3.8, 4) is 5.75 Å². The lowest BCUT2D eigenvalue weighted by Crippen LogP contribution is -2.51. The van der Waals surface area contributed by atoms with Crippen molar-refractivity contribution in [2.75, 3.05) is 24.5 Å². The maximum absolute atomic E-state index is 13.9. The third kappa shape index (κ3) is 8.13. The molecule has 3 aromatic rings. The van der Waals surface area contributed by atoms with E-state index in [1.165, 1.54) is 42.3 Å². The van der Waals surface area contributed by atoms with Crippen molar-refractivity contribution >= 4 is 50.7 Å². The Morgan fingerprint density at radius 1 is 0.925 bits per heavy atom. The molecular weight excluding hydrogens is 573 g/mol. The second-order valence-corrected chi connectivity index (χ2v) is 12.4. The summed E-state index contributed by atoms with van der Waals surface area (Å²) < 4.78 is 33.9. The molecule has 8 nitrogen and oxygen atoms in total. The van der Waals surface area contributed by atoms with Crippen molar-refractivity contribution in [2.45, 2.75) is 38.3 Å². The van der Waals surface area contributed by atoms with Gasteiger partial charge in [0, 0.05) is 23.1 Å². The van der Waals surface area contributed by atoms with E-state index in [1.54, 1.807) is 49.4 Å². The van der Waals surface area contributed by atoms with Crippen LogP contribution in [-0.4, -0.2) is 51.4 Å². The van der Waals surface area contributed by atoms with E-state index < -0.39 is 28.5 Å². The fraction of sp³-hybridized carbons (Fsp3) is 0.310. The Morgan fingerprint density at radius 2 is 1.60 bits per heavy atom. The van der Waals surface area contributed by atoms with E-state index in [0.717, 1.165) is 4.31 Å². The molecule has 3 rings (SSSR count). The molecule has 0 saturated heterocycles. The average Bonchev–Trinajstić information content (AvgIpc) is 2.93. The summed E-state index contributed by atoms with van der Waals surface area (Å²) in [5.41, 5.74) is 0.917. The SMILES string of the molecule is COc1cccc(CN(C(=O)CN(c2cccc(Cl)c2)S(=O)(=O)c2ccc(Cl)cc2)[C@@H](C)C(=O)NCC(C)C)c1. The second kappa shape index (κ2) is 13.9. The van der Waals surface area contributed by atoms with Crippen LogP contribution >= 0.6 is 23.2 Å². The smallest absolute Gasteiger partial charge is 0.264 e. The number of carbonyl (C=O) groups is 2. The minimum absolute atomic E-state index is 0.0493. The zero-order chi connectivity index (χ0) is 29.4. The fourth-order valence-corrected chi connectivity index (χ4v) is 5.61. The van der Waals surface area contributed by atoms with E-state index in [9.17, 15) is 18.0 Å². The number of hydrogen-bond donors (Lipinski definition) is 1. The first-order chi connectivity index (χ1) is 18.9. The second-order valence-electron chi connectivity index (χ2n) is 9.63. The lowest BCUT2D eigenvalue weighted by Gasteiger charge is -2.32. The molecule has 0 radical (unpaired) electrons. The van der Waals surface area contributed by atoms with Crippen LogP contribution in [0.15, 0.2) is 77.7 Å². The van der Waals surface area contributed by atoms with Crippen molar-refractivity contribution in [1.29, 1.82) is 0 Å². The molecule has 2 amide bonds. The predicted octanol–water partition coefficient (Wildman–Crippen LogP) is 5.39. The van der Waals surface area contributed by atoms with Crippen LogP contribution in [0.2, 0.25) is 10.0 Å². The van der Waals surface area contributed by atoms with Crippen LogP contribution in [-0.2, 0) is 26.2 Å². The van der Waals surface area contributed by atoms with E-state index in [4.69, 9.17) is 27.9 Å². The van der Waals surface area contributed by atoms with Gasteiger partial charge in [0.25, 0.3) is 10.0 Å². The molecule has 0 bridgehead atoms. The summed E-state index contributed by atoms with van der Waals surface area (Å²) in [6.07, 6.45) is 0. The highest BCUT2D eigenvalue weighted by molar-refractivity contribution is 7.92. The third-order valence-electron chi connectivity index (χ3n) is 6.12. The Hall–Kier alpha value is -3.27. The molecule has 0 aliphatic rings. The van der Waals surface area contributed by atoms with Gasteiger partial charge in [-0.1, -0.05) is 55.2 Å². The monoisotopic (exact) mass is 605 g/mol. The number of amides is 2. The molecule has 11 heteroatoms. The highest BCUT2D eigenvalue weighted by atomic mass is 35.5. The minimum atomic E-state index is -4.22. The highest BCUT2D eigenvalue weighted by Gasteiger charge is 2.32. The van der Waals surface area contributed by atoms with Gasteiger partial charge in [-0.15, -0.1) is 0 Å². The predicted molar refractivity (Wildman–Crippen MR) is 158 cm³/mol. The zero-order valence-corrected chi connectivity index (χ0v) is 25.1. The Bertz CT molecular complexity index is 1430. The molecule has 0 aliphatic heterocycles. The lowest BCUT2D eigenvalue weighted by atomic mass is 10.1. The van der Waals surface area contributed by atoms with Crippen LogP contribution in [0.5, 0.6) is 5.75 Å². The number of ether oxygens (including phenoxy) is 1. The van der Waals surface area contributed by atoms with Crippen LogP contribution < -0.4 is 14.4 Å². The van der Waals surface area contributed by atoms with E-state index >= 15 is 0 Å². The van der Waals surface area contributed by atoms with Gasteiger partial charge in [-0.3, -0.25) is 13.9 Å². The largest absolute Gasteiger partial charge is 0.497 e. The maximum Gasteiger partial charge on any atom is 0.264 e. The summed E-state index contributed by atoms with van der Waals surface area (Å²) in [5, 5.41) is 3.53. The summed E-state index contributed by atoms with van der Waals surface area (Å²) in [6, 6.07) is 18.1. The molecule has 0 saturated carbocycles. The number of nitrogens with zero attached hydrogens (tertiary/aromatic N) is 2. The van der Waals surface area contributed by atoms with Crippen LogP contribution in [0.4, 0.5) is 5.69 Å². The molecular formula is C29H33Cl2N3O5S. The van der Waals surface area contributed by atoms with Gasteiger partial charge in [0.2, 0.25) is 11.8 Å². The molecule has 0 aromatic heterocycles. The molecule has 1 N–H and O–H groups in total. The summed E-state index contributed by atoms with van der Waals surface area (Å²) in [4.78, 5) is 28.3. The Kier molecular flexibility index (Phi) is 10.8. The summed E-state index contributed by atoms with van der Waals surface area (Å²) >= 11 is 12.2. The van der Waals surface area contributed by atoms with Crippen molar-refractivity contribution in [2.24, 2.45) is 5.92 Å². The number of carbonyl (C=O) groups excluding carboxylic acids is 2. The molecule has 3 aromatic carbocycles. The number of rotatable bonds is 12. The maximum atomic E-state index is 13.9. The lowest BCUT2D eigenvalue weighted by molar-refractivity contribution is -0.139. The standard InChI is InChI=1S/C29H33Cl2N3O5S/c1-20(2)17-32-29(36)21(3)33(18-22-7-5-10-26(15-22)39-4)28(35)19-34(25-9-6-8-24(31)16-25)40(37,38)27-13-11-23(30)12-14-27/h5-16,20-21H,17-19H2,1-4H3,(H,32,36)/t21-/m0/s1. The van der Waals surface area contributed by atoms with Crippen molar-refractivity contribution in [3.63, 3.8) is 0 Å². The van der Waals surface area contributed by atoms with Crippen LogP contribution in [0.3, 0.4) is 0 Å². The molecule has 0 fully saturated rings. The van der Waals surface area contributed by atoms with Crippen molar-refractivity contribution in [3.05, 3.63) is 88.4 Å². The van der Waals surface area contributed by atoms with Gasteiger partial charge < -0.3 is 15.0 Å². The molecule has 40 heavy (non-hydrogen) atoms. The van der Waals surface area contributed by atoms with E-state index in [1.807, 2.05) is 13.8 Å². The zero-order valence-electron chi connectivity index (χ0n) is 22.8. The van der Waals surface area contributed by atoms with Gasteiger partial charge in [-0.05, 0) is 73.0 Å². The molecule has 1 atom stereocenters. The number of halogens is 2. The van der Waals surface area contributed by atoms with E-state index in [0.29, 0.717) is 27.9 Å². The minimum Gasteiger partial charge on any atom is -0.497 e. The molecule has 0 unspecified atom stereocenters. The molecule has 214 valence electrons. The summed E-state index contributed by atoms with van der Waals surface area (Å²) in [7, 11) is -2.68. The van der Waals surface area contributed by atoms with Crippen molar-refractivity contribution in [1.82, 2.24) is 10.2 Å². The molecule has 0 spiro atoms. The number of methoxy groups -OCH3 is 1. The van der Waals surface area contributed by atoms with Gasteiger partial charge in [0.15, 0.2) is 0 Å². The number of hydrogen-bond acceptors (Lipinski definition) is 5. The Morgan fingerprint density at radius 3 is 2.23 bits per heavy atom. The normalized spacial score (nSPS) is 12.1. The van der Waals surface area contributed by atoms with Crippen LogP contribution in [0.1, 0.15) is 26.3 Å². The Balaban J connectivity index is 2.02. The first-order valence-electron chi connectivity index (χ1n) is 12.7. The van der Waals surface area contributed by atoms with Gasteiger partial charge in [0.1, 0.15) is 18.3 Å². The van der Waals surface area contributed by atoms with Gasteiger partial charge in [0.05, 0.1) is 17.7 Å². The summed E-state index contributed by atoms with van der Waals surface area (Å²) in [5.74, 6) is -0.124. The van der Waals surface area contributed by atoms with Gasteiger partial charge >= 0.3 is 0 Å². The fourth-order valence-electron chi connectivity index (χ4n) is 3.90. The highest BCUT2D eigenvalue weighted by Crippen LogP contribution is 2.27. The third-order valence-corrected chi connectivity index (χ3v) is 8.39. The quantitative estimate of drug-likeness (QED) is 0.299. The topological polar surface area (TPSA) is 96.0 Å². The number of benzene rings is 3. The number of nitrogens with one attached hydrogen (secondary N) is 1. The van der Waals surface area contributed by atoms with E-state index in [-0.39, 0.29) is 29.0 Å². The molecule has 0 heterocycles. The van der Waals surface area contributed by atoms with Gasteiger partial charge in [-0.2, -0.15) is 0 Å². The van der Waals surface area contributed by atoms with Crippen molar-refractivity contribution < 1.29 is 22.7 Å². The number of anilines is 1. The Labute approximate surface area is 245 Å².